The molecule has 2 aliphatic heterocycles. The van der Waals surface area contributed by atoms with Crippen molar-refractivity contribution in [2.24, 2.45) is 5.92 Å². The van der Waals surface area contributed by atoms with Crippen LogP contribution in [-0.2, 0) is 19.1 Å². The maximum absolute atomic E-state index is 13.0. The molecule has 150 valence electrons. The highest BCUT2D eigenvalue weighted by molar-refractivity contribution is 6.22. The van der Waals surface area contributed by atoms with Gasteiger partial charge in [-0.05, 0) is 38.8 Å². The fourth-order valence-corrected chi connectivity index (χ4v) is 3.85. The standard InChI is InChI=1S/C19H23N3O6/c1-3-28-19(25)13-5-4-8-20(11-13)16-10-17(23)21(18(16)24)15-9-14(22(26)27)7-6-12(15)2/h6-7,9,13,16H,3-5,8,10-11H2,1-2H3. The fourth-order valence-electron chi connectivity index (χ4n) is 3.85. The molecule has 2 saturated heterocycles. The van der Waals surface area contributed by atoms with E-state index in [1.807, 2.05) is 4.90 Å². The van der Waals surface area contributed by atoms with E-state index >= 15 is 0 Å². The lowest BCUT2D eigenvalue weighted by molar-refractivity contribution is -0.384. The molecule has 3 rings (SSSR count). The predicted octanol–water partition coefficient (Wildman–Crippen LogP) is 1.81. The number of nitro benzene ring substituents is 1. The zero-order chi connectivity index (χ0) is 20.4. The number of carbonyl (C=O) groups is 3. The minimum atomic E-state index is -0.664. The van der Waals surface area contributed by atoms with E-state index in [9.17, 15) is 24.5 Å². The van der Waals surface area contributed by atoms with Gasteiger partial charge in [-0.2, -0.15) is 0 Å². The van der Waals surface area contributed by atoms with Crippen molar-refractivity contribution >= 4 is 29.2 Å². The SMILES string of the molecule is CCOC(=O)C1CCCN(C2CC(=O)N(c3cc([N+](=O)[O-])ccc3C)C2=O)C1. The van der Waals surface area contributed by atoms with Gasteiger partial charge in [-0.1, -0.05) is 6.07 Å². The van der Waals surface area contributed by atoms with E-state index in [0.29, 0.717) is 31.7 Å². The molecule has 1 aromatic rings. The van der Waals surface area contributed by atoms with Gasteiger partial charge < -0.3 is 4.74 Å². The number of aryl methyl sites for hydroxylation is 1. The first-order valence-corrected chi connectivity index (χ1v) is 9.36. The molecule has 9 heteroatoms. The van der Waals surface area contributed by atoms with Crippen molar-refractivity contribution in [3.63, 3.8) is 0 Å². The number of carbonyl (C=O) groups excluding carboxylic acids is 3. The van der Waals surface area contributed by atoms with Gasteiger partial charge in [0.15, 0.2) is 0 Å². The zero-order valence-corrected chi connectivity index (χ0v) is 15.9. The van der Waals surface area contributed by atoms with Gasteiger partial charge in [0.25, 0.3) is 11.6 Å². The molecule has 0 saturated carbocycles. The molecule has 0 aromatic heterocycles. The summed E-state index contributed by atoms with van der Waals surface area (Å²) in [6.07, 6.45) is 1.42. The molecule has 0 radical (unpaired) electrons. The lowest BCUT2D eigenvalue weighted by Crippen LogP contribution is -2.48. The third-order valence-corrected chi connectivity index (χ3v) is 5.28. The van der Waals surface area contributed by atoms with Crippen LogP contribution in [0.15, 0.2) is 18.2 Å². The summed E-state index contributed by atoms with van der Waals surface area (Å²) < 4.78 is 5.09. The summed E-state index contributed by atoms with van der Waals surface area (Å²) >= 11 is 0. The number of nitrogens with zero attached hydrogens (tertiary/aromatic N) is 3. The van der Waals surface area contributed by atoms with E-state index in [1.165, 1.54) is 18.2 Å². The molecule has 2 heterocycles. The number of rotatable bonds is 5. The predicted molar refractivity (Wildman–Crippen MR) is 99.7 cm³/mol. The van der Waals surface area contributed by atoms with Crippen LogP contribution in [0.25, 0.3) is 0 Å². The summed E-state index contributed by atoms with van der Waals surface area (Å²) in [4.78, 5) is 51.1. The third-order valence-electron chi connectivity index (χ3n) is 5.28. The maximum Gasteiger partial charge on any atom is 0.310 e. The highest BCUT2D eigenvalue weighted by atomic mass is 16.6. The van der Waals surface area contributed by atoms with Gasteiger partial charge in [-0.25, -0.2) is 4.90 Å². The Morgan fingerprint density at radius 3 is 2.79 bits per heavy atom. The van der Waals surface area contributed by atoms with Crippen LogP contribution < -0.4 is 4.90 Å². The van der Waals surface area contributed by atoms with E-state index < -0.39 is 22.8 Å². The maximum atomic E-state index is 13.0. The summed E-state index contributed by atoms with van der Waals surface area (Å²) in [5, 5.41) is 11.1. The van der Waals surface area contributed by atoms with Crippen LogP contribution in [0.3, 0.4) is 0 Å². The van der Waals surface area contributed by atoms with Gasteiger partial charge in [0, 0.05) is 18.7 Å². The van der Waals surface area contributed by atoms with E-state index in [2.05, 4.69) is 0 Å². The molecule has 0 aliphatic carbocycles. The highest BCUT2D eigenvalue weighted by Crippen LogP contribution is 2.32. The molecule has 2 amide bonds. The smallest absolute Gasteiger partial charge is 0.310 e. The summed E-state index contributed by atoms with van der Waals surface area (Å²) in [7, 11) is 0. The van der Waals surface area contributed by atoms with Crippen molar-refractivity contribution in [2.75, 3.05) is 24.6 Å². The molecule has 0 N–H and O–H groups in total. The van der Waals surface area contributed by atoms with Gasteiger partial charge in [-0.15, -0.1) is 0 Å². The van der Waals surface area contributed by atoms with Crippen LogP contribution in [-0.4, -0.2) is 53.3 Å². The first-order chi connectivity index (χ1) is 13.3. The summed E-state index contributed by atoms with van der Waals surface area (Å²) in [6.45, 7) is 4.73. The topological polar surface area (TPSA) is 110 Å². The Kier molecular flexibility index (Phi) is 5.73. The summed E-state index contributed by atoms with van der Waals surface area (Å²) in [6, 6.07) is 3.46. The number of ether oxygens (including phenoxy) is 1. The van der Waals surface area contributed by atoms with Crippen molar-refractivity contribution in [3.8, 4) is 0 Å². The van der Waals surface area contributed by atoms with E-state index in [4.69, 9.17) is 4.74 Å². The average molecular weight is 389 g/mol. The molecule has 1 aromatic carbocycles. The lowest BCUT2D eigenvalue weighted by Gasteiger charge is -2.34. The molecule has 9 nitrogen and oxygen atoms in total. The number of anilines is 1. The molecule has 28 heavy (non-hydrogen) atoms. The molecule has 2 atom stereocenters. The first-order valence-electron chi connectivity index (χ1n) is 9.36. The van der Waals surface area contributed by atoms with Crippen LogP contribution in [0.2, 0.25) is 0 Å². The number of hydrogen-bond acceptors (Lipinski definition) is 7. The molecule has 2 aliphatic rings. The minimum absolute atomic E-state index is 0.00346. The number of amides is 2. The highest BCUT2D eigenvalue weighted by Gasteiger charge is 2.45. The molecular weight excluding hydrogens is 366 g/mol. The van der Waals surface area contributed by atoms with Gasteiger partial charge in [0.2, 0.25) is 5.91 Å². The Hall–Kier alpha value is -2.81. The fraction of sp³-hybridized carbons (Fsp3) is 0.526. The quantitative estimate of drug-likeness (QED) is 0.327. The second-order valence-corrected chi connectivity index (χ2v) is 7.10. The Labute approximate surface area is 162 Å². The Balaban J connectivity index is 1.81. The van der Waals surface area contributed by atoms with Gasteiger partial charge in [0.1, 0.15) is 0 Å². The summed E-state index contributed by atoms with van der Waals surface area (Å²) in [5.74, 6) is -1.39. The van der Waals surface area contributed by atoms with Crippen LogP contribution in [0.4, 0.5) is 11.4 Å². The number of hydrogen-bond donors (Lipinski definition) is 0. The van der Waals surface area contributed by atoms with Crippen LogP contribution in [0.5, 0.6) is 0 Å². The van der Waals surface area contributed by atoms with Crippen LogP contribution in [0, 0.1) is 23.0 Å². The molecule has 0 bridgehead atoms. The summed E-state index contributed by atoms with van der Waals surface area (Å²) in [5.41, 5.74) is 0.673. The van der Waals surface area contributed by atoms with E-state index in [1.54, 1.807) is 13.8 Å². The number of imide groups is 1. The van der Waals surface area contributed by atoms with E-state index in [-0.39, 0.29) is 29.7 Å². The Morgan fingerprint density at radius 1 is 1.36 bits per heavy atom. The Morgan fingerprint density at radius 2 is 2.11 bits per heavy atom. The normalized spacial score (nSPS) is 23.1. The van der Waals surface area contributed by atoms with Crippen molar-refractivity contribution in [1.29, 1.82) is 0 Å². The van der Waals surface area contributed by atoms with Crippen molar-refractivity contribution in [1.82, 2.24) is 4.90 Å². The van der Waals surface area contributed by atoms with E-state index in [0.717, 1.165) is 11.3 Å². The number of piperidine rings is 1. The van der Waals surface area contributed by atoms with Crippen molar-refractivity contribution in [3.05, 3.63) is 33.9 Å². The molecule has 2 fully saturated rings. The number of non-ortho nitro benzene ring substituents is 1. The first kappa shape index (κ1) is 19.9. The molecule has 0 spiro atoms. The number of esters is 1. The Bertz CT molecular complexity index is 824. The average Bonchev–Trinajstić information content (AvgIpc) is 2.96. The van der Waals surface area contributed by atoms with Gasteiger partial charge in [-0.3, -0.25) is 29.4 Å². The number of benzene rings is 1. The monoisotopic (exact) mass is 389 g/mol. The second-order valence-electron chi connectivity index (χ2n) is 7.10. The van der Waals surface area contributed by atoms with Crippen LogP contribution in [0.1, 0.15) is 31.7 Å². The number of nitro groups is 1. The minimum Gasteiger partial charge on any atom is -0.466 e. The molecular formula is C19H23N3O6. The third kappa shape index (κ3) is 3.75. The number of likely N-dealkylation sites (tertiary alicyclic amines) is 1. The lowest BCUT2D eigenvalue weighted by atomic mass is 9.96. The van der Waals surface area contributed by atoms with Crippen LogP contribution >= 0.6 is 0 Å². The molecule has 2 unspecified atom stereocenters. The second kappa shape index (κ2) is 8.05. The van der Waals surface area contributed by atoms with Gasteiger partial charge >= 0.3 is 5.97 Å². The van der Waals surface area contributed by atoms with Gasteiger partial charge in [0.05, 0.1) is 35.6 Å². The van der Waals surface area contributed by atoms with Crippen molar-refractivity contribution in [2.45, 2.75) is 39.2 Å². The van der Waals surface area contributed by atoms with Crippen molar-refractivity contribution < 1.29 is 24.0 Å². The largest absolute Gasteiger partial charge is 0.466 e. The zero-order valence-electron chi connectivity index (χ0n) is 15.9.